The van der Waals surface area contributed by atoms with Gasteiger partial charge in [-0.15, -0.1) is 0 Å². The Morgan fingerprint density at radius 3 is 2.73 bits per heavy atom. The number of anilines is 1. The molecule has 7 nitrogen and oxygen atoms in total. The Morgan fingerprint density at radius 1 is 0.982 bits per heavy atom. The maximum atomic E-state index is 13.6. The third kappa shape index (κ3) is 9.08. The molecule has 0 radical (unpaired) electrons. The number of hydrogen-bond acceptors (Lipinski definition) is 7. The first-order valence-corrected chi connectivity index (χ1v) is 20.1. The molecule has 4 atom stereocenters. The summed E-state index contributed by atoms with van der Waals surface area (Å²) in [5, 5.41) is 27.3. The normalized spacial score (nSPS) is 20.6. The van der Waals surface area contributed by atoms with Crippen molar-refractivity contribution in [2.75, 3.05) is 19.0 Å². The molecule has 290 valence electrons. The van der Waals surface area contributed by atoms with E-state index in [4.69, 9.17) is 14.2 Å². The van der Waals surface area contributed by atoms with Crippen LogP contribution < -0.4 is 14.8 Å². The number of unbranched alkanes of at least 4 members (excludes halogenated alkanes) is 1. The molecule has 6 bridgehead atoms. The van der Waals surface area contributed by atoms with Crippen molar-refractivity contribution in [3.8, 4) is 29.3 Å². The van der Waals surface area contributed by atoms with Gasteiger partial charge in [0, 0.05) is 43.0 Å². The summed E-state index contributed by atoms with van der Waals surface area (Å²) in [6.07, 6.45) is 18.6. The molecule has 3 N–H and O–H groups in total. The summed E-state index contributed by atoms with van der Waals surface area (Å²) in [5.41, 5.74) is 7.38. The number of hydrogen-bond donors (Lipinski definition) is 3. The zero-order valence-electron chi connectivity index (χ0n) is 32.8. The van der Waals surface area contributed by atoms with Crippen molar-refractivity contribution in [2.24, 2.45) is 11.8 Å². The second-order valence-electron chi connectivity index (χ2n) is 15.4. The number of aryl methyl sites for hydroxylation is 2. The number of carbonyl (C=O) groups excluding carboxylic acids is 1. The molecular formula is C49H53NO6. The van der Waals surface area contributed by atoms with Crippen LogP contribution in [0, 0.1) is 23.9 Å². The zero-order chi connectivity index (χ0) is 39.0. The second-order valence-corrected chi connectivity index (χ2v) is 15.4. The minimum Gasteiger partial charge on any atom is -0.508 e. The number of ether oxygens (including phenoxy) is 3. The van der Waals surface area contributed by atoms with Crippen LogP contribution in [0.5, 0.6) is 17.2 Å². The lowest BCUT2D eigenvalue weighted by Crippen LogP contribution is -2.24. The largest absolute Gasteiger partial charge is 0.508 e. The number of Topliss-reactive ketones (excluding diaryl/α,β-unsaturated/α-hetero) is 1. The fourth-order valence-electron chi connectivity index (χ4n) is 8.45. The van der Waals surface area contributed by atoms with Gasteiger partial charge in [-0.3, -0.25) is 4.79 Å². The lowest BCUT2D eigenvalue weighted by atomic mass is 9.80. The number of benzene rings is 4. The Balaban J connectivity index is 1.13. The van der Waals surface area contributed by atoms with Crippen LogP contribution in [0.2, 0.25) is 0 Å². The minimum atomic E-state index is -0.470. The first-order chi connectivity index (χ1) is 27.3. The third-order valence-corrected chi connectivity index (χ3v) is 11.5. The van der Waals surface area contributed by atoms with Crippen molar-refractivity contribution < 1.29 is 29.2 Å². The molecule has 2 aliphatic carbocycles. The number of aromatic hydroxyl groups is 1. The topological polar surface area (TPSA) is 97.3 Å². The highest BCUT2D eigenvalue weighted by molar-refractivity contribution is 6.00. The van der Waals surface area contributed by atoms with E-state index >= 15 is 0 Å². The van der Waals surface area contributed by atoms with Crippen LogP contribution in [0.15, 0.2) is 90.7 Å². The van der Waals surface area contributed by atoms with E-state index in [9.17, 15) is 15.0 Å². The van der Waals surface area contributed by atoms with E-state index in [1.807, 2.05) is 30.3 Å². The molecule has 0 aromatic heterocycles. The predicted molar refractivity (Wildman–Crippen MR) is 224 cm³/mol. The smallest absolute Gasteiger partial charge is 0.161 e. The molecule has 0 amide bonds. The summed E-state index contributed by atoms with van der Waals surface area (Å²) in [4.78, 5) is 13.6. The van der Waals surface area contributed by atoms with Crippen LogP contribution in [0.25, 0.3) is 16.8 Å². The molecule has 56 heavy (non-hydrogen) atoms. The predicted octanol–water partition coefficient (Wildman–Crippen LogP) is 10.5. The van der Waals surface area contributed by atoms with Gasteiger partial charge >= 0.3 is 0 Å². The Kier molecular flexibility index (Phi) is 12.4. The van der Waals surface area contributed by atoms with Crippen molar-refractivity contribution in [1.29, 1.82) is 0 Å². The Morgan fingerprint density at radius 2 is 1.88 bits per heavy atom. The molecule has 0 saturated heterocycles. The first-order valence-electron chi connectivity index (χ1n) is 20.1. The highest BCUT2D eigenvalue weighted by Crippen LogP contribution is 2.42. The van der Waals surface area contributed by atoms with Gasteiger partial charge in [-0.05, 0) is 132 Å². The minimum absolute atomic E-state index is 0.00618. The van der Waals surface area contributed by atoms with Gasteiger partial charge in [0.1, 0.15) is 36.1 Å². The molecule has 4 aromatic rings. The Labute approximate surface area is 331 Å². The summed E-state index contributed by atoms with van der Waals surface area (Å²) in [6, 6.07) is 20.5. The van der Waals surface area contributed by atoms with Crippen LogP contribution in [0.3, 0.4) is 0 Å². The number of methoxy groups -OCH3 is 1. The number of ketones is 1. The molecule has 2 aliphatic heterocycles. The van der Waals surface area contributed by atoms with Crippen molar-refractivity contribution >= 4 is 28.3 Å². The second kappa shape index (κ2) is 17.9. The van der Waals surface area contributed by atoms with Gasteiger partial charge in [-0.2, -0.15) is 0 Å². The van der Waals surface area contributed by atoms with Crippen molar-refractivity contribution in [1.82, 2.24) is 0 Å². The first kappa shape index (κ1) is 38.7. The van der Waals surface area contributed by atoms with Gasteiger partial charge in [-0.25, -0.2) is 0 Å². The molecule has 0 spiro atoms. The van der Waals surface area contributed by atoms with E-state index in [0.717, 1.165) is 76.5 Å². The number of fused-ring (bicyclic) bond motifs is 9. The number of rotatable bonds is 10. The molecule has 0 fully saturated rings. The van der Waals surface area contributed by atoms with Gasteiger partial charge in [0.2, 0.25) is 0 Å². The fraction of sp³-hybridized carbons (Fsp3) is 0.367. The average molecular weight is 752 g/mol. The number of phenols is 1. The molecule has 8 rings (SSSR count). The molecule has 4 aliphatic rings. The number of nitrogens with one attached hydrogen (secondary N) is 1. The van der Waals surface area contributed by atoms with Gasteiger partial charge in [0.25, 0.3) is 0 Å². The lowest BCUT2D eigenvalue weighted by molar-refractivity contribution is -0.121. The highest BCUT2D eigenvalue weighted by atomic mass is 16.5. The van der Waals surface area contributed by atoms with Crippen LogP contribution in [-0.2, 0) is 35.4 Å². The van der Waals surface area contributed by atoms with E-state index in [2.05, 4.69) is 85.8 Å². The molecule has 2 heterocycles. The lowest BCUT2D eigenvalue weighted by Gasteiger charge is -2.28. The van der Waals surface area contributed by atoms with Crippen LogP contribution in [0.4, 0.5) is 5.69 Å². The SMILES string of the molecule is CCNc1cccc(CCCCC2C=CC(O)=CC2CC2CC(=O)CCc3ccc(OC)c(c3)OCc3ccc4c(c(O)cc5c4c3C=CC5C)CC#CO2)c1. The standard InChI is InChI=1S/C49H53NO6/c1-4-50-38-12-7-10-33(25-38)9-5-6-11-35-17-20-39(51)27-37(35)28-41-29-40(52)19-15-34-16-23-47(54-3)48(26-34)56-31-36-18-22-44-43(13-8-24-55-41)46(53)30-45-32(2)14-21-42(36)49(44)45/h7,10,12,14,16-18,20-23,25-27,30,32,35,37,41,50-51,53H,4-6,9,11,13,15,19,28-29,31H2,1-3H3. The van der Waals surface area contributed by atoms with Crippen LogP contribution >= 0.6 is 0 Å². The molecule has 0 saturated carbocycles. The van der Waals surface area contributed by atoms with Crippen molar-refractivity contribution in [2.45, 2.75) is 90.3 Å². The van der Waals surface area contributed by atoms with Gasteiger partial charge in [0.05, 0.1) is 7.11 Å². The number of aliphatic hydroxyl groups excluding tert-OH is 1. The summed E-state index contributed by atoms with van der Waals surface area (Å²) in [6.45, 7) is 5.47. The Hall–Kier alpha value is -5.61. The number of aliphatic hydroxyl groups is 1. The van der Waals surface area contributed by atoms with Gasteiger partial charge in [0.15, 0.2) is 11.5 Å². The van der Waals surface area contributed by atoms with Gasteiger partial charge in [-0.1, -0.05) is 67.8 Å². The third-order valence-electron chi connectivity index (χ3n) is 11.5. The zero-order valence-corrected chi connectivity index (χ0v) is 32.8. The maximum Gasteiger partial charge on any atom is 0.161 e. The summed E-state index contributed by atoms with van der Waals surface area (Å²) in [5.74, 6) is 5.31. The Bertz CT molecular complexity index is 2220. The van der Waals surface area contributed by atoms with Crippen molar-refractivity contribution in [3.05, 3.63) is 124 Å². The van der Waals surface area contributed by atoms with E-state index in [-0.39, 0.29) is 47.9 Å². The fourth-order valence-corrected chi connectivity index (χ4v) is 8.45. The highest BCUT2D eigenvalue weighted by Gasteiger charge is 2.27. The maximum absolute atomic E-state index is 13.6. The summed E-state index contributed by atoms with van der Waals surface area (Å²) in [7, 11) is 1.63. The van der Waals surface area contributed by atoms with E-state index in [1.165, 1.54) is 5.56 Å². The van der Waals surface area contributed by atoms with Gasteiger partial charge < -0.3 is 29.7 Å². The molecular weight excluding hydrogens is 699 g/mol. The average Bonchev–Trinajstić information content (AvgIpc) is 3.19. The van der Waals surface area contributed by atoms with E-state index < -0.39 is 6.10 Å². The quantitative estimate of drug-likeness (QED) is 0.110. The number of carbonyl (C=O) groups is 1. The molecule has 7 heteroatoms. The van der Waals surface area contributed by atoms with Crippen LogP contribution in [0.1, 0.15) is 91.7 Å². The number of allylic oxidation sites excluding steroid dienone is 4. The van der Waals surface area contributed by atoms with Crippen LogP contribution in [-0.4, -0.2) is 35.8 Å². The van der Waals surface area contributed by atoms with E-state index in [0.29, 0.717) is 37.4 Å². The van der Waals surface area contributed by atoms with E-state index in [1.54, 1.807) is 13.2 Å². The number of phenolic OH excluding ortho intramolecular Hbond substituents is 1. The van der Waals surface area contributed by atoms with Crippen molar-refractivity contribution in [3.63, 3.8) is 0 Å². The molecule has 4 aromatic carbocycles. The monoisotopic (exact) mass is 751 g/mol. The molecule has 4 unspecified atom stereocenters. The summed E-state index contributed by atoms with van der Waals surface area (Å²) >= 11 is 0. The summed E-state index contributed by atoms with van der Waals surface area (Å²) < 4.78 is 18.3.